The second-order valence-corrected chi connectivity index (χ2v) is 7.72. The zero-order valence-corrected chi connectivity index (χ0v) is 16.2. The molecule has 0 aliphatic rings. The maximum Gasteiger partial charge on any atom is 0.234 e. The maximum absolute atomic E-state index is 4.78. The van der Waals surface area contributed by atoms with Gasteiger partial charge in [0, 0.05) is 12.0 Å². The van der Waals surface area contributed by atoms with Crippen LogP contribution in [0.3, 0.4) is 0 Å². The zero-order valence-electron chi connectivity index (χ0n) is 15.4. The van der Waals surface area contributed by atoms with E-state index in [2.05, 4.69) is 89.9 Å². The fourth-order valence-corrected chi connectivity index (χ4v) is 4.16. The third-order valence-corrected chi connectivity index (χ3v) is 5.85. The van der Waals surface area contributed by atoms with Crippen molar-refractivity contribution < 1.29 is 0 Å². The summed E-state index contributed by atoms with van der Waals surface area (Å²) < 4.78 is 1.87. The molecule has 0 unspecified atom stereocenters. The molecule has 28 heavy (non-hydrogen) atoms. The minimum Gasteiger partial charge on any atom is -0.187 e. The molecule has 2 heterocycles. The van der Waals surface area contributed by atoms with Crippen molar-refractivity contribution in [2.24, 2.45) is 0 Å². The fourth-order valence-electron chi connectivity index (χ4n) is 3.30. The average molecular weight is 382 g/mol. The molecular formula is C23H18N4S. The maximum atomic E-state index is 4.78. The van der Waals surface area contributed by atoms with Gasteiger partial charge in [0.2, 0.25) is 4.96 Å². The van der Waals surface area contributed by atoms with E-state index >= 15 is 0 Å². The van der Waals surface area contributed by atoms with Crippen molar-refractivity contribution in [3.8, 4) is 21.7 Å². The highest BCUT2D eigenvalue weighted by atomic mass is 32.1. The van der Waals surface area contributed by atoms with Gasteiger partial charge < -0.3 is 0 Å². The second-order valence-electron chi connectivity index (χ2n) is 6.76. The van der Waals surface area contributed by atoms with Crippen LogP contribution in [0.1, 0.15) is 17.0 Å². The number of nitrogens with zero attached hydrogens (tertiary/aromatic N) is 4. The summed E-state index contributed by atoms with van der Waals surface area (Å²) in [6.45, 7) is 2.12. The van der Waals surface area contributed by atoms with Gasteiger partial charge in [-0.1, -0.05) is 90.2 Å². The average Bonchev–Trinajstić information content (AvgIpc) is 3.32. The van der Waals surface area contributed by atoms with Gasteiger partial charge in [0.05, 0.1) is 0 Å². The van der Waals surface area contributed by atoms with Gasteiger partial charge >= 0.3 is 0 Å². The highest BCUT2D eigenvalue weighted by Gasteiger charge is 2.14. The number of fused-ring (bicyclic) bond motifs is 1. The first-order valence-electron chi connectivity index (χ1n) is 9.19. The lowest BCUT2D eigenvalue weighted by Crippen LogP contribution is -1.99. The van der Waals surface area contributed by atoms with Crippen LogP contribution in [0.4, 0.5) is 0 Å². The summed E-state index contributed by atoms with van der Waals surface area (Å²) in [6, 6.07) is 27.3. The van der Waals surface area contributed by atoms with E-state index in [4.69, 9.17) is 5.10 Å². The molecule has 2 aromatic heterocycles. The van der Waals surface area contributed by atoms with Crippen molar-refractivity contribution in [1.29, 1.82) is 0 Å². The first kappa shape index (κ1) is 16.8. The van der Waals surface area contributed by atoms with Crippen LogP contribution < -0.4 is 0 Å². The summed E-state index contributed by atoms with van der Waals surface area (Å²) in [4.78, 5) is 0.825. The second kappa shape index (κ2) is 7.02. The van der Waals surface area contributed by atoms with E-state index in [0.29, 0.717) is 0 Å². The van der Waals surface area contributed by atoms with E-state index in [1.165, 1.54) is 22.3 Å². The Morgan fingerprint density at radius 2 is 1.43 bits per heavy atom. The van der Waals surface area contributed by atoms with Crippen molar-refractivity contribution >= 4 is 16.3 Å². The van der Waals surface area contributed by atoms with E-state index in [1.807, 2.05) is 10.6 Å². The summed E-state index contributed by atoms with van der Waals surface area (Å²) >= 11 is 1.57. The summed E-state index contributed by atoms with van der Waals surface area (Å²) in [5, 5.41) is 14.4. The molecule has 0 spiro atoms. The highest BCUT2D eigenvalue weighted by Crippen LogP contribution is 2.28. The molecule has 0 aliphatic heterocycles. The van der Waals surface area contributed by atoms with Crippen LogP contribution in [0.5, 0.6) is 0 Å². The minimum atomic E-state index is 0.726. The Hall–Kier alpha value is -3.31. The third-order valence-electron chi connectivity index (χ3n) is 4.90. The number of benzene rings is 3. The molecule has 0 aliphatic carbocycles. The fraction of sp³-hybridized carbons (Fsp3) is 0.0870. The predicted octanol–water partition coefficient (Wildman–Crippen LogP) is 5.42. The summed E-state index contributed by atoms with van der Waals surface area (Å²) in [5.74, 6) is 0.868. The van der Waals surface area contributed by atoms with Crippen molar-refractivity contribution in [2.75, 3.05) is 0 Å². The molecule has 0 atom stereocenters. The molecule has 0 amide bonds. The van der Waals surface area contributed by atoms with Crippen LogP contribution in [0.2, 0.25) is 0 Å². The molecular weight excluding hydrogens is 364 g/mol. The number of hydrogen-bond donors (Lipinski definition) is 0. The number of rotatable bonds is 4. The van der Waals surface area contributed by atoms with Crippen LogP contribution in [0, 0.1) is 6.92 Å². The summed E-state index contributed by atoms with van der Waals surface area (Å²) in [5.41, 5.74) is 6.02. The Morgan fingerprint density at radius 3 is 2.21 bits per heavy atom. The molecule has 0 saturated heterocycles. The summed E-state index contributed by atoms with van der Waals surface area (Å²) in [7, 11) is 0. The van der Waals surface area contributed by atoms with Gasteiger partial charge in [-0.2, -0.15) is 9.61 Å². The van der Waals surface area contributed by atoms with Crippen molar-refractivity contribution in [3.05, 3.63) is 95.8 Å². The Labute approximate surface area is 167 Å². The van der Waals surface area contributed by atoms with Crippen LogP contribution in [-0.4, -0.2) is 19.8 Å². The molecule has 0 bridgehead atoms. The van der Waals surface area contributed by atoms with Crippen molar-refractivity contribution in [1.82, 2.24) is 19.8 Å². The lowest BCUT2D eigenvalue weighted by Gasteiger charge is -2.03. The molecule has 4 nitrogen and oxygen atoms in total. The van der Waals surface area contributed by atoms with Crippen LogP contribution in [0.25, 0.3) is 26.7 Å². The lowest BCUT2D eigenvalue weighted by molar-refractivity contribution is 0.851. The van der Waals surface area contributed by atoms with Gasteiger partial charge in [-0.3, -0.25) is 0 Å². The predicted molar refractivity (Wildman–Crippen MR) is 114 cm³/mol. The van der Waals surface area contributed by atoms with E-state index in [9.17, 15) is 0 Å². The Bertz CT molecular complexity index is 1240. The Morgan fingerprint density at radius 1 is 0.750 bits per heavy atom. The normalized spacial score (nSPS) is 11.2. The van der Waals surface area contributed by atoms with Gasteiger partial charge in [0.1, 0.15) is 5.01 Å². The van der Waals surface area contributed by atoms with E-state index in [-0.39, 0.29) is 0 Å². The Balaban J connectivity index is 1.46. The first-order chi connectivity index (χ1) is 13.8. The molecule has 5 rings (SSSR count). The van der Waals surface area contributed by atoms with Crippen LogP contribution >= 0.6 is 11.3 Å². The number of aromatic nitrogens is 4. The summed E-state index contributed by atoms with van der Waals surface area (Å²) in [6.07, 6.45) is 0.726. The van der Waals surface area contributed by atoms with E-state index in [1.54, 1.807) is 11.3 Å². The third kappa shape index (κ3) is 3.10. The molecule has 3 aromatic carbocycles. The van der Waals surface area contributed by atoms with Gasteiger partial charge in [-0.15, -0.1) is 10.2 Å². The van der Waals surface area contributed by atoms with E-state index < -0.39 is 0 Å². The molecule has 0 N–H and O–H groups in total. The Kier molecular flexibility index (Phi) is 4.22. The van der Waals surface area contributed by atoms with Crippen molar-refractivity contribution in [3.63, 3.8) is 0 Å². The number of aryl methyl sites for hydroxylation is 1. The van der Waals surface area contributed by atoms with Gasteiger partial charge in [-0.05, 0) is 29.2 Å². The first-order valence-corrected chi connectivity index (χ1v) is 10.0. The molecule has 0 saturated carbocycles. The van der Waals surface area contributed by atoms with Crippen LogP contribution in [-0.2, 0) is 6.42 Å². The van der Waals surface area contributed by atoms with Gasteiger partial charge in [-0.25, -0.2) is 0 Å². The van der Waals surface area contributed by atoms with Gasteiger partial charge in [0.15, 0.2) is 5.82 Å². The monoisotopic (exact) mass is 382 g/mol. The molecule has 136 valence electrons. The number of hydrogen-bond acceptors (Lipinski definition) is 4. The van der Waals surface area contributed by atoms with Crippen molar-refractivity contribution in [2.45, 2.75) is 13.3 Å². The standard InChI is InChI=1S/C23H18N4S/c1-16-7-5-6-10-20(16)15-21-24-25-23-27(21)26-22(28-23)19-13-11-18(12-14-19)17-8-3-2-4-9-17/h2-14H,15H2,1H3. The molecule has 0 radical (unpaired) electrons. The van der Waals surface area contributed by atoms with Crippen LogP contribution in [0.15, 0.2) is 78.9 Å². The largest absolute Gasteiger partial charge is 0.234 e. The highest BCUT2D eigenvalue weighted by molar-refractivity contribution is 7.19. The van der Waals surface area contributed by atoms with E-state index in [0.717, 1.165) is 27.8 Å². The smallest absolute Gasteiger partial charge is 0.187 e. The zero-order chi connectivity index (χ0) is 18.9. The SMILES string of the molecule is Cc1ccccc1Cc1nnc2sc(-c3ccc(-c4ccccc4)cc3)nn12. The molecule has 0 fully saturated rings. The molecule has 5 heteroatoms. The lowest BCUT2D eigenvalue weighted by atomic mass is 10.0. The molecule has 5 aromatic rings. The minimum absolute atomic E-state index is 0.726. The van der Waals surface area contributed by atoms with Gasteiger partial charge in [0.25, 0.3) is 0 Å². The quantitative estimate of drug-likeness (QED) is 0.417. The topological polar surface area (TPSA) is 43.1 Å².